The van der Waals surface area contributed by atoms with Crippen molar-refractivity contribution in [3.8, 4) is 0 Å². The first-order valence-corrected chi connectivity index (χ1v) is 20.0. The molecule has 0 aromatic carbocycles. The molecule has 2 saturated heterocycles. The van der Waals surface area contributed by atoms with Gasteiger partial charge in [0.15, 0.2) is 12.6 Å². The monoisotopic (exact) mass is 766 g/mol. The highest BCUT2D eigenvalue weighted by Crippen LogP contribution is 2.67. The van der Waals surface area contributed by atoms with Gasteiger partial charge in [0, 0.05) is 23.8 Å². The van der Waals surface area contributed by atoms with E-state index in [9.17, 15) is 45.6 Å². The first kappa shape index (κ1) is 40.7. The number of ether oxygens (including phenoxy) is 5. The summed E-state index contributed by atoms with van der Waals surface area (Å²) in [7, 11) is 0. The topological polar surface area (TPSA) is 225 Å². The summed E-state index contributed by atoms with van der Waals surface area (Å²) in [6, 6.07) is 0. The molecule has 306 valence electrons. The minimum absolute atomic E-state index is 0.103. The number of fused-ring (bicyclic) bond motifs is 5. The second-order valence-corrected chi connectivity index (χ2v) is 18.0. The number of cyclic esters (lactones) is 1. The lowest BCUT2D eigenvalue weighted by atomic mass is 9.46. The standard InChI is InChI=1S/C40H62O14/c1-17-12-26(52-36(49)18(17)2)19(3)23-8-9-24-22-7-6-20-13-21(14-29(42)40(20,5)25(22)10-11-39(23,24)4)51-38-35(48)33(46)31(44)28(54-38)16-50-37-34(47)32(45)30(43)27(15-41)53-37/h6,19,21-35,37-38,41-48H,7-16H2,1-5H3/t19-,21-,22-,23+,24-,25-,26-,27-,28+,29-,30+,31+,32-,33-,34+,35+,37-,38+,39+,40-/m1/s1. The molecular weight excluding hydrogens is 704 g/mol. The maximum atomic E-state index is 12.6. The predicted molar refractivity (Wildman–Crippen MR) is 190 cm³/mol. The fourth-order valence-electron chi connectivity index (χ4n) is 11.9. The van der Waals surface area contributed by atoms with Gasteiger partial charge >= 0.3 is 5.97 Å². The van der Waals surface area contributed by atoms with E-state index in [0.717, 1.165) is 55.2 Å². The van der Waals surface area contributed by atoms with Gasteiger partial charge in [0.25, 0.3) is 0 Å². The van der Waals surface area contributed by atoms with Crippen LogP contribution in [0.2, 0.25) is 0 Å². The first-order valence-electron chi connectivity index (χ1n) is 20.0. The van der Waals surface area contributed by atoms with Crippen LogP contribution in [0.15, 0.2) is 22.8 Å². The Morgan fingerprint density at radius 1 is 0.852 bits per heavy atom. The van der Waals surface area contributed by atoms with Crippen LogP contribution in [0.1, 0.15) is 86.0 Å². The van der Waals surface area contributed by atoms with Crippen LogP contribution >= 0.6 is 0 Å². The molecule has 3 aliphatic heterocycles. The third kappa shape index (κ3) is 6.73. The van der Waals surface area contributed by atoms with Gasteiger partial charge in [0.05, 0.1) is 25.4 Å². The number of aliphatic hydroxyl groups is 8. The van der Waals surface area contributed by atoms with Crippen molar-refractivity contribution in [1.82, 2.24) is 0 Å². The molecule has 8 N–H and O–H groups in total. The summed E-state index contributed by atoms with van der Waals surface area (Å²) < 4.78 is 29.1. The molecule has 0 amide bonds. The number of aliphatic hydroxyl groups excluding tert-OH is 8. The van der Waals surface area contributed by atoms with Gasteiger partial charge in [-0.05, 0) is 87.4 Å². The van der Waals surface area contributed by atoms with Crippen LogP contribution in [0.5, 0.6) is 0 Å². The zero-order chi connectivity index (χ0) is 39.0. The minimum Gasteiger partial charge on any atom is -0.458 e. The highest BCUT2D eigenvalue weighted by molar-refractivity contribution is 5.89. The molecule has 5 fully saturated rings. The number of esters is 1. The molecule has 0 unspecified atom stereocenters. The van der Waals surface area contributed by atoms with Crippen LogP contribution in [0.3, 0.4) is 0 Å². The van der Waals surface area contributed by atoms with E-state index in [1.54, 1.807) is 0 Å². The van der Waals surface area contributed by atoms with E-state index in [1.807, 2.05) is 13.8 Å². The van der Waals surface area contributed by atoms with Crippen molar-refractivity contribution < 1.29 is 69.3 Å². The van der Waals surface area contributed by atoms with E-state index in [2.05, 4.69) is 26.8 Å². The SMILES string of the molecule is CC1=C(C)C(=O)O[C@@H]([C@H](C)[C@@H]2CC[C@@H]3[C@H]4CC=C5C[C@@H](O[C@H]6O[C@@H](CO[C@@H]7O[C@H](CO)[C@H](O)[C@@H](O)[C@@H]7O)[C@H](O)[C@@H](O)[C@@H]6O)C[C@@H](O)[C@@]5(C)[C@@H]4CC[C@]32C)C1. The van der Waals surface area contributed by atoms with Crippen molar-refractivity contribution in [2.24, 2.45) is 40.4 Å². The van der Waals surface area contributed by atoms with E-state index in [-0.39, 0.29) is 29.8 Å². The van der Waals surface area contributed by atoms with Crippen molar-refractivity contribution in [3.63, 3.8) is 0 Å². The summed E-state index contributed by atoms with van der Waals surface area (Å²) in [6.45, 7) is 9.70. The lowest BCUT2D eigenvalue weighted by molar-refractivity contribution is -0.337. The van der Waals surface area contributed by atoms with Crippen molar-refractivity contribution in [2.75, 3.05) is 13.2 Å². The van der Waals surface area contributed by atoms with Gasteiger partial charge in [0.2, 0.25) is 0 Å². The van der Waals surface area contributed by atoms with Gasteiger partial charge in [0.1, 0.15) is 54.9 Å². The summed E-state index contributed by atoms with van der Waals surface area (Å²) in [5.41, 5.74) is 2.65. The molecule has 0 aromatic heterocycles. The summed E-state index contributed by atoms with van der Waals surface area (Å²) in [5.74, 6) is 1.72. The Hall–Kier alpha value is -1.53. The Morgan fingerprint density at radius 3 is 2.20 bits per heavy atom. The van der Waals surface area contributed by atoms with Gasteiger partial charge in [-0.1, -0.05) is 38.0 Å². The van der Waals surface area contributed by atoms with E-state index >= 15 is 0 Å². The molecule has 14 nitrogen and oxygen atoms in total. The molecule has 3 saturated carbocycles. The van der Waals surface area contributed by atoms with Gasteiger partial charge < -0.3 is 64.5 Å². The maximum absolute atomic E-state index is 12.6. The summed E-state index contributed by atoms with van der Waals surface area (Å²) >= 11 is 0. The van der Waals surface area contributed by atoms with Crippen molar-refractivity contribution in [2.45, 2.75) is 166 Å². The zero-order valence-corrected chi connectivity index (χ0v) is 32.1. The van der Waals surface area contributed by atoms with Crippen LogP contribution in [-0.2, 0) is 28.5 Å². The maximum Gasteiger partial charge on any atom is 0.333 e. The van der Waals surface area contributed by atoms with Crippen LogP contribution in [-0.4, -0.2) is 140 Å². The van der Waals surface area contributed by atoms with E-state index < -0.39 is 92.2 Å². The number of carbonyl (C=O) groups is 1. The highest BCUT2D eigenvalue weighted by Gasteiger charge is 2.62. The van der Waals surface area contributed by atoms with Crippen molar-refractivity contribution in [1.29, 1.82) is 0 Å². The van der Waals surface area contributed by atoms with Crippen LogP contribution < -0.4 is 0 Å². The third-order valence-electron chi connectivity index (χ3n) is 15.4. The normalized spacial score (nSPS) is 51.5. The molecule has 3 heterocycles. The van der Waals surface area contributed by atoms with Gasteiger partial charge in [-0.3, -0.25) is 0 Å². The molecular formula is C40H62O14. The summed E-state index contributed by atoms with van der Waals surface area (Å²) in [4.78, 5) is 12.6. The Balaban J connectivity index is 1.00. The van der Waals surface area contributed by atoms with Crippen molar-refractivity contribution >= 4 is 5.97 Å². The molecule has 54 heavy (non-hydrogen) atoms. The number of allylic oxidation sites excluding steroid dienone is 1. The Labute approximate surface area is 317 Å². The average Bonchev–Trinajstić information content (AvgIpc) is 3.50. The van der Waals surface area contributed by atoms with Gasteiger partial charge in [-0.25, -0.2) is 4.79 Å². The lowest BCUT2D eigenvalue weighted by Crippen LogP contribution is -2.62. The van der Waals surface area contributed by atoms with Crippen molar-refractivity contribution in [3.05, 3.63) is 22.8 Å². The largest absolute Gasteiger partial charge is 0.458 e. The highest BCUT2D eigenvalue weighted by atomic mass is 16.7. The van der Waals surface area contributed by atoms with E-state index in [1.165, 1.54) is 0 Å². The van der Waals surface area contributed by atoms with Gasteiger partial charge in [-0.15, -0.1) is 0 Å². The quantitative estimate of drug-likeness (QED) is 0.127. The molecule has 0 aromatic rings. The summed E-state index contributed by atoms with van der Waals surface area (Å²) in [6.07, 6.45) is -7.38. The second-order valence-electron chi connectivity index (χ2n) is 18.0. The minimum atomic E-state index is -1.67. The van der Waals surface area contributed by atoms with E-state index in [4.69, 9.17) is 23.7 Å². The van der Waals surface area contributed by atoms with Gasteiger partial charge in [-0.2, -0.15) is 0 Å². The second kappa shape index (κ2) is 15.3. The van der Waals surface area contributed by atoms with Crippen LogP contribution in [0, 0.1) is 40.4 Å². The molecule has 20 atom stereocenters. The van der Waals surface area contributed by atoms with Crippen LogP contribution in [0.25, 0.3) is 0 Å². The lowest BCUT2D eigenvalue weighted by Gasteiger charge is -2.60. The Kier molecular flexibility index (Phi) is 11.5. The third-order valence-corrected chi connectivity index (χ3v) is 15.4. The molecule has 0 bridgehead atoms. The predicted octanol–water partition coefficient (Wildman–Crippen LogP) is 0.834. The first-order chi connectivity index (χ1) is 25.5. The summed E-state index contributed by atoms with van der Waals surface area (Å²) in [5, 5.41) is 84.3. The van der Waals surface area contributed by atoms with E-state index in [0.29, 0.717) is 30.1 Å². The average molecular weight is 767 g/mol. The molecule has 0 radical (unpaired) electrons. The fourth-order valence-corrected chi connectivity index (χ4v) is 11.9. The number of carbonyl (C=O) groups excluding carboxylic acids is 1. The molecule has 14 heteroatoms. The fraction of sp³-hybridized carbons (Fsp3) is 0.875. The molecule has 7 aliphatic rings. The Morgan fingerprint density at radius 2 is 1.52 bits per heavy atom. The van der Waals surface area contributed by atoms with Crippen LogP contribution in [0.4, 0.5) is 0 Å². The number of rotatable bonds is 8. The zero-order valence-electron chi connectivity index (χ0n) is 32.1. The molecule has 4 aliphatic carbocycles. The number of hydrogen-bond donors (Lipinski definition) is 8. The molecule has 0 spiro atoms. The Bertz CT molecular complexity index is 1450. The molecule has 7 rings (SSSR count). The smallest absolute Gasteiger partial charge is 0.333 e. The number of hydrogen-bond acceptors (Lipinski definition) is 14.